The van der Waals surface area contributed by atoms with Crippen LogP contribution in [0.5, 0.6) is 0 Å². The molecular formula is C20H23N3O2. The first-order chi connectivity index (χ1) is 12.0. The topological polar surface area (TPSA) is 61.4 Å². The largest absolute Gasteiger partial charge is 0.374 e. The number of anilines is 2. The molecule has 5 nitrogen and oxygen atoms in total. The van der Waals surface area contributed by atoms with E-state index in [0.29, 0.717) is 5.56 Å². The molecule has 5 heteroatoms. The second-order valence-corrected chi connectivity index (χ2v) is 6.42. The molecule has 0 spiro atoms. The van der Waals surface area contributed by atoms with E-state index in [1.54, 1.807) is 25.2 Å². The number of hydrogen-bond donors (Lipinski definition) is 2. The predicted octanol–water partition coefficient (Wildman–Crippen LogP) is 2.82. The van der Waals surface area contributed by atoms with Crippen molar-refractivity contribution < 1.29 is 9.59 Å². The molecule has 2 unspecified atom stereocenters. The summed E-state index contributed by atoms with van der Waals surface area (Å²) in [5.41, 5.74) is 3.51. The fourth-order valence-electron chi connectivity index (χ4n) is 3.32. The minimum absolute atomic E-state index is 0.0304. The van der Waals surface area contributed by atoms with Crippen LogP contribution in [0.3, 0.4) is 0 Å². The molecule has 25 heavy (non-hydrogen) atoms. The van der Waals surface area contributed by atoms with E-state index in [2.05, 4.69) is 23.6 Å². The lowest BCUT2D eigenvalue weighted by Crippen LogP contribution is -2.44. The van der Waals surface area contributed by atoms with E-state index >= 15 is 0 Å². The van der Waals surface area contributed by atoms with Gasteiger partial charge in [0, 0.05) is 30.0 Å². The number of para-hydroxylation sites is 1. The van der Waals surface area contributed by atoms with E-state index in [9.17, 15) is 9.59 Å². The molecule has 0 bridgehead atoms. The van der Waals surface area contributed by atoms with Crippen LogP contribution in [0.4, 0.5) is 11.4 Å². The summed E-state index contributed by atoms with van der Waals surface area (Å²) in [6.07, 6.45) is 0.876. The number of amides is 2. The first kappa shape index (κ1) is 17.0. The highest BCUT2D eigenvalue weighted by Gasteiger charge is 2.32. The summed E-state index contributed by atoms with van der Waals surface area (Å²) in [6.45, 7) is 3.92. The Morgan fingerprint density at radius 1 is 1.16 bits per heavy atom. The van der Waals surface area contributed by atoms with Crippen molar-refractivity contribution in [1.29, 1.82) is 0 Å². The number of hydrogen-bond acceptors (Lipinski definition) is 3. The summed E-state index contributed by atoms with van der Waals surface area (Å²) in [7, 11) is 1.60. The SMILES string of the molecule is CNC(=O)c1cccc(NC(C)C(=O)N2c3ccccc3CC2C)c1. The lowest BCUT2D eigenvalue weighted by Gasteiger charge is -2.27. The first-order valence-corrected chi connectivity index (χ1v) is 8.51. The average molecular weight is 337 g/mol. The van der Waals surface area contributed by atoms with Crippen molar-refractivity contribution in [1.82, 2.24) is 5.32 Å². The summed E-state index contributed by atoms with van der Waals surface area (Å²) >= 11 is 0. The lowest BCUT2D eigenvalue weighted by molar-refractivity contribution is -0.119. The maximum atomic E-state index is 13.0. The Bertz CT molecular complexity index is 803. The fourth-order valence-corrected chi connectivity index (χ4v) is 3.32. The van der Waals surface area contributed by atoms with Gasteiger partial charge in [-0.15, -0.1) is 0 Å². The van der Waals surface area contributed by atoms with Crippen LogP contribution in [-0.2, 0) is 11.2 Å². The molecule has 2 aromatic rings. The van der Waals surface area contributed by atoms with Crippen LogP contribution in [0.2, 0.25) is 0 Å². The third kappa shape index (κ3) is 3.36. The maximum absolute atomic E-state index is 13.0. The van der Waals surface area contributed by atoms with Crippen LogP contribution in [0, 0.1) is 0 Å². The molecule has 130 valence electrons. The van der Waals surface area contributed by atoms with Crippen LogP contribution < -0.4 is 15.5 Å². The number of carbonyl (C=O) groups excluding carboxylic acids is 2. The monoisotopic (exact) mass is 337 g/mol. The fraction of sp³-hybridized carbons (Fsp3) is 0.300. The van der Waals surface area contributed by atoms with Gasteiger partial charge in [-0.3, -0.25) is 9.59 Å². The van der Waals surface area contributed by atoms with Crippen LogP contribution >= 0.6 is 0 Å². The first-order valence-electron chi connectivity index (χ1n) is 8.51. The van der Waals surface area contributed by atoms with Crippen molar-refractivity contribution in [3.8, 4) is 0 Å². The second-order valence-electron chi connectivity index (χ2n) is 6.42. The highest BCUT2D eigenvalue weighted by Crippen LogP contribution is 2.32. The number of rotatable bonds is 4. The van der Waals surface area contributed by atoms with Crippen LogP contribution in [0.1, 0.15) is 29.8 Å². The Kier molecular flexibility index (Phi) is 4.74. The molecule has 0 radical (unpaired) electrons. The van der Waals surface area contributed by atoms with Gasteiger partial charge in [0.15, 0.2) is 0 Å². The predicted molar refractivity (Wildman–Crippen MR) is 100 cm³/mol. The Labute approximate surface area is 148 Å². The third-order valence-corrected chi connectivity index (χ3v) is 4.55. The van der Waals surface area contributed by atoms with Gasteiger partial charge < -0.3 is 15.5 Å². The summed E-state index contributed by atoms with van der Waals surface area (Å²) in [5, 5.41) is 5.82. The smallest absolute Gasteiger partial charge is 0.251 e. The number of fused-ring (bicyclic) bond motifs is 1. The van der Waals surface area contributed by atoms with E-state index in [1.165, 1.54) is 5.56 Å². The molecular weight excluding hydrogens is 314 g/mol. The molecule has 0 fully saturated rings. The van der Waals surface area contributed by atoms with Crippen molar-refractivity contribution in [2.24, 2.45) is 0 Å². The van der Waals surface area contributed by atoms with E-state index in [4.69, 9.17) is 0 Å². The summed E-state index contributed by atoms with van der Waals surface area (Å²) in [4.78, 5) is 26.6. The molecule has 0 aromatic heterocycles. The van der Waals surface area contributed by atoms with Gasteiger partial charge >= 0.3 is 0 Å². The minimum atomic E-state index is -0.395. The van der Waals surface area contributed by atoms with Crippen molar-refractivity contribution in [2.75, 3.05) is 17.3 Å². The highest BCUT2D eigenvalue weighted by atomic mass is 16.2. The standard InChI is InChI=1S/C20H23N3O2/c1-13-11-15-7-4-5-10-18(15)23(13)20(25)14(2)22-17-9-6-8-16(12-17)19(24)21-3/h4-10,12-14,22H,11H2,1-3H3,(H,21,24). The number of benzene rings is 2. The van der Waals surface area contributed by atoms with E-state index in [-0.39, 0.29) is 17.9 Å². The molecule has 1 aliphatic heterocycles. The Hall–Kier alpha value is -2.82. The zero-order valence-electron chi connectivity index (χ0n) is 14.7. The van der Waals surface area contributed by atoms with Crippen LogP contribution in [-0.4, -0.2) is 30.9 Å². The zero-order chi connectivity index (χ0) is 18.0. The quantitative estimate of drug-likeness (QED) is 0.902. The molecule has 2 N–H and O–H groups in total. The van der Waals surface area contributed by atoms with Crippen LogP contribution in [0.15, 0.2) is 48.5 Å². The molecule has 1 aliphatic rings. The van der Waals surface area contributed by atoms with Gasteiger partial charge in [-0.2, -0.15) is 0 Å². The van der Waals surface area contributed by atoms with Crippen LogP contribution in [0.25, 0.3) is 0 Å². The van der Waals surface area contributed by atoms with E-state index in [0.717, 1.165) is 17.8 Å². The average Bonchev–Trinajstić information content (AvgIpc) is 2.96. The van der Waals surface area contributed by atoms with E-state index in [1.807, 2.05) is 36.1 Å². The van der Waals surface area contributed by atoms with Crippen molar-refractivity contribution in [2.45, 2.75) is 32.4 Å². The summed E-state index contributed by atoms with van der Waals surface area (Å²) in [6, 6.07) is 14.9. The lowest BCUT2D eigenvalue weighted by atomic mass is 10.1. The number of nitrogens with zero attached hydrogens (tertiary/aromatic N) is 1. The summed E-state index contributed by atoms with van der Waals surface area (Å²) in [5.74, 6) is -0.118. The van der Waals surface area contributed by atoms with Gasteiger partial charge in [-0.05, 0) is 50.1 Å². The maximum Gasteiger partial charge on any atom is 0.251 e. The molecule has 2 atom stereocenters. The van der Waals surface area contributed by atoms with Gasteiger partial charge in [-0.1, -0.05) is 24.3 Å². The Morgan fingerprint density at radius 3 is 2.68 bits per heavy atom. The Morgan fingerprint density at radius 2 is 1.92 bits per heavy atom. The molecule has 0 aliphatic carbocycles. The van der Waals surface area contributed by atoms with Gasteiger partial charge in [0.2, 0.25) is 5.91 Å². The molecule has 1 heterocycles. The third-order valence-electron chi connectivity index (χ3n) is 4.55. The Balaban J connectivity index is 1.77. The van der Waals surface area contributed by atoms with Gasteiger partial charge in [0.25, 0.3) is 5.91 Å². The highest BCUT2D eigenvalue weighted by molar-refractivity contribution is 6.01. The number of carbonyl (C=O) groups is 2. The van der Waals surface area contributed by atoms with Gasteiger partial charge in [0.1, 0.15) is 6.04 Å². The van der Waals surface area contributed by atoms with Gasteiger partial charge in [0.05, 0.1) is 0 Å². The molecule has 3 rings (SSSR count). The van der Waals surface area contributed by atoms with Gasteiger partial charge in [-0.25, -0.2) is 0 Å². The number of nitrogens with one attached hydrogen (secondary N) is 2. The normalized spacial score (nSPS) is 16.9. The van der Waals surface area contributed by atoms with E-state index < -0.39 is 6.04 Å². The summed E-state index contributed by atoms with van der Waals surface area (Å²) < 4.78 is 0. The second kappa shape index (κ2) is 6.97. The minimum Gasteiger partial charge on any atom is -0.374 e. The molecule has 2 aromatic carbocycles. The molecule has 2 amide bonds. The molecule has 0 saturated carbocycles. The van der Waals surface area contributed by atoms with Crippen molar-refractivity contribution >= 4 is 23.2 Å². The van der Waals surface area contributed by atoms with Crippen molar-refractivity contribution in [3.05, 3.63) is 59.7 Å². The molecule has 0 saturated heterocycles. The zero-order valence-corrected chi connectivity index (χ0v) is 14.7. The van der Waals surface area contributed by atoms with Crippen molar-refractivity contribution in [3.63, 3.8) is 0 Å².